The Hall–Kier alpha value is -1.10. The zero-order valence-electron chi connectivity index (χ0n) is 9.39. The lowest BCUT2D eigenvalue weighted by molar-refractivity contribution is 0.403. The minimum absolute atomic E-state index is 0.109. The van der Waals surface area contributed by atoms with E-state index in [2.05, 4.69) is 4.98 Å². The van der Waals surface area contributed by atoms with Crippen molar-refractivity contribution in [2.75, 3.05) is 7.11 Å². The lowest BCUT2D eigenvalue weighted by Crippen LogP contribution is -2.14. The molecule has 2 rings (SSSR count). The normalized spacial score (nSPS) is 12.4. The highest BCUT2D eigenvalue weighted by Crippen LogP contribution is 2.28. The summed E-state index contributed by atoms with van der Waals surface area (Å²) in [5.41, 5.74) is 7.13. The van der Waals surface area contributed by atoms with E-state index >= 15 is 0 Å². The van der Waals surface area contributed by atoms with Crippen LogP contribution in [0.2, 0.25) is 4.34 Å². The molecule has 0 fully saturated rings. The van der Waals surface area contributed by atoms with Crippen LogP contribution in [0.4, 0.5) is 0 Å². The van der Waals surface area contributed by atoms with Gasteiger partial charge in [0.15, 0.2) is 0 Å². The molecular formula is C12H13ClN2OS. The van der Waals surface area contributed by atoms with Crippen molar-refractivity contribution < 1.29 is 4.74 Å². The van der Waals surface area contributed by atoms with E-state index in [9.17, 15) is 0 Å². The van der Waals surface area contributed by atoms with Gasteiger partial charge in [-0.05, 0) is 18.2 Å². The molecule has 0 saturated heterocycles. The van der Waals surface area contributed by atoms with E-state index in [0.29, 0.717) is 0 Å². The molecule has 1 atom stereocenters. The van der Waals surface area contributed by atoms with Crippen molar-refractivity contribution in [1.82, 2.24) is 4.98 Å². The van der Waals surface area contributed by atoms with Crippen LogP contribution in [0.15, 0.2) is 30.6 Å². The Morgan fingerprint density at radius 3 is 2.94 bits per heavy atom. The second-order valence-corrected chi connectivity index (χ2v) is 5.43. The number of nitrogens with two attached hydrogens (primary N) is 1. The fourth-order valence-electron chi connectivity index (χ4n) is 1.66. The quantitative estimate of drug-likeness (QED) is 0.927. The predicted molar refractivity (Wildman–Crippen MR) is 70.8 cm³/mol. The van der Waals surface area contributed by atoms with Gasteiger partial charge in [-0.3, -0.25) is 4.98 Å². The molecule has 1 unspecified atom stereocenters. The average Bonchev–Trinajstić information content (AvgIpc) is 2.74. The Bertz CT molecular complexity index is 501. The number of hydrogen-bond acceptors (Lipinski definition) is 4. The third-order valence-corrected chi connectivity index (χ3v) is 3.74. The minimum Gasteiger partial charge on any atom is -0.495 e. The van der Waals surface area contributed by atoms with Gasteiger partial charge in [0.2, 0.25) is 0 Å². The highest BCUT2D eigenvalue weighted by Gasteiger charge is 2.13. The van der Waals surface area contributed by atoms with Gasteiger partial charge in [-0.15, -0.1) is 11.3 Å². The van der Waals surface area contributed by atoms with Crippen molar-refractivity contribution in [3.8, 4) is 5.75 Å². The van der Waals surface area contributed by atoms with Crippen LogP contribution in [0.25, 0.3) is 0 Å². The van der Waals surface area contributed by atoms with E-state index in [-0.39, 0.29) is 6.04 Å². The first kappa shape index (κ1) is 12.4. The molecule has 0 spiro atoms. The van der Waals surface area contributed by atoms with Gasteiger partial charge in [-0.2, -0.15) is 0 Å². The zero-order valence-corrected chi connectivity index (χ0v) is 11.0. The van der Waals surface area contributed by atoms with Gasteiger partial charge >= 0.3 is 0 Å². The van der Waals surface area contributed by atoms with E-state index in [1.54, 1.807) is 30.8 Å². The van der Waals surface area contributed by atoms with Crippen LogP contribution in [-0.4, -0.2) is 12.1 Å². The summed E-state index contributed by atoms with van der Waals surface area (Å²) in [7, 11) is 1.62. The number of aromatic nitrogens is 1. The number of halogens is 1. The smallest absolute Gasteiger partial charge is 0.141 e. The van der Waals surface area contributed by atoms with E-state index in [4.69, 9.17) is 22.1 Å². The topological polar surface area (TPSA) is 48.1 Å². The summed E-state index contributed by atoms with van der Waals surface area (Å²) >= 11 is 7.44. The molecule has 17 heavy (non-hydrogen) atoms. The number of thiophene rings is 1. The van der Waals surface area contributed by atoms with Crippen LogP contribution < -0.4 is 10.5 Å². The molecular weight excluding hydrogens is 256 g/mol. The number of methoxy groups -OCH3 is 1. The van der Waals surface area contributed by atoms with Crippen molar-refractivity contribution >= 4 is 22.9 Å². The van der Waals surface area contributed by atoms with Gasteiger partial charge in [0.05, 0.1) is 17.6 Å². The van der Waals surface area contributed by atoms with Crippen molar-refractivity contribution in [3.05, 3.63) is 45.4 Å². The minimum atomic E-state index is -0.109. The summed E-state index contributed by atoms with van der Waals surface area (Å²) in [5.74, 6) is 0.725. The molecule has 5 heteroatoms. The average molecular weight is 269 g/mol. The number of nitrogens with zero attached hydrogens (tertiary/aromatic N) is 1. The van der Waals surface area contributed by atoms with E-state index in [0.717, 1.165) is 22.1 Å². The summed E-state index contributed by atoms with van der Waals surface area (Å²) < 4.78 is 6.03. The van der Waals surface area contributed by atoms with Crippen LogP contribution in [-0.2, 0) is 6.42 Å². The van der Waals surface area contributed by atoms with Crippen molar-refractivity contribution in [2.24, 2.45) is 5.73 Å². The first-order chi connectivity index (χ1) is 8.20. The first-order valence-corrected chi connectivity index (χ1v) is 6.38. The van der Waals surface area contributed by atoms with Gasteiger partial charge < -0.3 is 10.5 Å². The van der Waals surface area contributed by atoms with Crippen molar-refractivity contribution in [2.45, 2.75) is 12.5 Å². The summed E-state index contributed by atoms with van der Waals surface area (Å²) in [6, 6.07) is 5.67. The zero-order chi connectivity index (χ0) is 12.3. The Kier molecular flexibility index (Phi) is 3.99. The summed E-state index contributed by atoms with van der Waals surface area (Å²) in [6.45, 7) is 0. The Morgan fingerprint density at radius 2 is 2.29 bits per heavy atom. The highest BCUT2D eigenvalue weighted by atomic mass is 35.5. The molecule has 0 aliphatic heterocycles. The van der Waals surface area contributed by atoms with Crippen LogP contribution >= 0.6 is 22.9 Å². The molecule has 0 aliphatic rings. The third kappa shape index (κ3) is 2.97. The highest BCUT2D eigenvalue weighted by molar-refractivity contribution is 7.16. The molecule has 2 aromatic rings. The fourth-order valence-corrected chi connectivity index (χ4v) is 2.80. The maximum absolute atomic E-state index is 6.17. The van der Waals surface area contributed by atoms with Crippen molar-refractivity contribution in [3.63, 3.8) is 0 Å². The Morgan fingerprint density at radius 1 is 1.47 bits per heavy atom. The second-order valence-electron chi connectivity index (χ2n) is 3.63. The molecule has 3 nitrogen and oxygen atoms in total. The lowest BCUT2D eigenvalue weighted by Gasteiger charge is -2.14. The molecule has 0 amide bonds. The van der Waals surface area contributed by atoms with Crippen LogP contribution in [0.3, 0.4) is 0 Å². The molecule has 0 saturated carbocycles. The summed E-state index contributed by atoms with van der Waals surface area (Å²) in [6.07, 6.45) is 4.15. The molecule has 0 aliphatic carbocycles. The van der Waals surface area contributed by atoms with Gasteiger partial charge in [0, 0.05) is 29.1 Å². The number of hydrogen-bond donors (Lipinski definition) is 1. The second kappa shape index (κ2) is 5.49. The van der Waals surface area contributed by atoms with Crippen LogP contribution in [0.1, 0.15) is 16.5 Å². The van der Waals surface area contributed by atoms with Crippen molar-refractivity contribution in [1.29, 1.82) is 0 Å². The SMILES string of the molecule is COc1cnccc1C(N)Cc1ccc(Cl)s1. The maximum atomic E-state index is 6.17. The number of pyridine rings is 1. The van der Waals surface area contributed by atoms with Crippen LogP contribution in [0, 0.1) is 0 Å². The van der Waals surface area contributed by atoms with E-state index < -0.39 is 0 Å². The molecule has 2 aromatic heterocycles. The molecule has 0 radical (unpaired) electrons. The molecule has 2 N–H and O–H groups in total. The number of rotatable bonds is 4. The third-order valence-electron chi connectivity index (χ3n) is 2.49. The Labute approximate surface area is 109 Å². The summed E-state index contributed by atoms with van der Waals surface area (Å²) in [4.78, 5) is 5.18. The molecule has 90 valence electrons. The standard InChI is InChI=1S/C12H13ClN2OS/c1-16-11-7-15-5-4-9(11)10(14)6-8-2-3-12(13)17-8/h2-5,7,10H,6,14H2,1H3. The Balaban J connectivity index is 2.16. The van der Waals surface area contributed by atoms with E-state index in [1.807, 2.05) is 18.2 Å². The largest absolute Gasteiger partial charge is 0.495 e. The van der Waals surface area contributed by atoms with Gasteiger partial charge in [-0.25, -0.2) is 0 Å². The van der Waals surface area contributed by atoms with Gasteiger partial charge in [0.1, 0.15) is 5.75 Å². The van der Waals surface area contributed by atoms with Gasteiger partial charge in [0.25, 0.3) is 0 Å². The number of ether oxygens (including phenoxy) is 1. The molecule has 2 heterocycles. The maximum Gasteiger partial charge on any atom is 0.141 e. The molecule has 0 bridgehead atoms. The summed E-state index contributed by atoms with van der Waals surface area (Å²) in [5, 5.41) is 0. The molecule has 0 aromatic carbocycles. The van der Waals surface area contributed by atoms with E-state index in [1.165, 1.54) is 4.88 Å². The monoisotopic (exact) mass is 268 g/mol. The lowest BCUT2D eigenvalue weighted by atomic mass is 10.0. The van der Waals surface area contributed by atoms with Gasteiger partial charge in [-0.1, -0.05) is 11.6 Å². The first-order valence-electron chi connectivity index (χ1n) is 5.18. The predicted octanol–water partition coefficient (Wildman–Crippen LogP) is 3.05. The van der Waals surface area contributed by atoms with Crippen LogP contribution in [0.5, 0.6) is 5.75 Å². The fraction of sp³-hybridized carbons (Fsp3) is 0.250.